The Hall–Kier alpha value is -1.86. The molecule has 0 atom stereocenters. The van der Waals surface area contributed by atoms with E-state index in [9.17, 15) is 4.79 Å². The number of rotatable bonds is 3. The summed E-state index contributed by atoms with van der Waals surface area (Å²) in [5.74, 6) is -0.0309. The van der Waals surface area contributed by atoms with E-state index in [1.54, 1.807) is 23.7 Å². The van der Waals surface area contributed by atoms with Gasteiger partial charge in [-0.15, -0.1) is 11.3 Å². The molecule has 0 spiro atoms. The largest absolute Gasteiger partial charge is 0.335 e. The van der Waals surface area contributed by atoms with Crippen LogP contribution in [0.25, 0.3) is 0 Å². The standard InChI is InChI=1S/C15H19N5OS/c1-11-7-17-14(8-16-11)15(21)20-5-3-19(4-6-20)9-13-10-22-12(2)18-13/h7-8,10H,3-6,9H2,1-2H3. The highest BCUT2D eigenvalue weighted by molar-refractivity contribution is 7.09. The van der Waals surface area contributed by atoms with Gasteiger partial charge in [-0.05, 0) is 13.8 Å². The van der Waals surface area contributed by atoms with Gasteiger partial charge >= 0.3 is 0 Å². The fraction of sp³-hybridized carbons (Fsp3) is 0.467. The van der Waals surface area contributed by atoms with Crippen molar-refractivity contribution in [2.45, 2.75) is 20.4 Å². The summed E-state index contributed by atoms with van der Waals surface area (Å²) in [4.78, 5) is 29.4. The van der Waals surface area contributed by atoms with Gasteiger partial charge in [-0.1, -0.05) is 0 Å². The molecule has 1 saturated heterocycles. The second-order valence-corrected chi connectivity index (χ2v) is 6.53. The number of aromatic nitrogens is 3. The Morgan fingerprint density at radius 2 is 1.95 bits per heavy atom. The predicted octanol–water partition coefficient (Wildman–Crippen LogP) is 1.51. The molecular weight excluding hydrogens is 298 g/mol. The highest BCUT2D eigenvalue weighted by Gasteiger charge is 2.23. The van der Waals surface area contributed by atoms with Gasteiger partial charge < -0.3 is 4.90 Å². The first-order chi connectivity index (χ1) is 10.6. The Kier molecular flexibility index (Phi) is 4.44. The van der Waals surface area contributed by atoms with E-state index in [1.807, 2.05) is 18.7 Å². The molecule has 116 valence electrons. The minimum Gasteiger partial charge on any atom is -0.335 e. The van der Waals surface area contributed by atoms with Gasteiger partial charge in [-0.2, -0.15) is 0 Å². The minimum absolute atomic E-state index is 0.0309. The summed E-state index contributed by atoms with van der Waals surface area (Å²) in [5.41, 5.74) is 2.36. The van der Waals surface area contributed by atoms with Gasteiger partial charge in [0.25, 0.3) is 5.91 Å². The number of aryl methyl sites for hydroxylation is 2. The van der Waals surface area contributed by atoms with E-state index < -0.39 is 0 Å². The summed E-state index contributed by atoms with van der Waals surface area (Å²) in [6.07, 6.45) is 3.19. The zero-order chi connectivity index (χ0) is 15.5. The van der Waals surface area contributed by atoms with Crippen molar-refractivity contribution in [3.63, 3.8) is 0 Å². The Balaban J connectivity index is 1.55. The van der Waals surface area contributed by atoms with Crippen LogP contribution in [0.3, 0.4) is 0 Å². The molecule has 2 aromatic rings. The second kappa shape index (κ2) is 6.50. The SMILES string of the molecule is Cc1cnc(C(=O)N2CCN(Cc3csc(C)n3)CC2)cn1. The Morgan fingerprint density at radius 3 is 2.55 bits per heavy atom. The number of amides is 1. The number of carbonyl (C=O) groups is 1. The third kappa shape index (κ3) is 3.48. The van der Waals surface area contributed by atoms with Crippen molar-refractivity contribution in [1.29, 1.82) is 0 Å². The van der Waals surface area contributed by atoms with Crippen molar-refractivity contribution in [2.75, 3.05) is 26.2 Å². The first-order valence-corrected chi connectivity index (χ1v) is 8.21. The number of hydrogen-bond donors (Lipinski definition) is 0. The van der Waals surface area contributed by atoms with Crippen LogP contribution in [0.2, 0.25) is 0 Å². The molecule has 6 nitrogen and oxygen atoms in total. The molecule has 0 bridgehead atoms. The summed E-state index contributed by atoms with van der Waals surface area (Å²) in [5, 5.41) is 3.20. The third-order valence-corrected chi connectivity index (χ3v) is 4.53. The van der Waals surface area contributed by atoms with Gasteiger partial charge in [0.1, 0.15) is 5.69 Å². The fourth-order valence-electron chi connectivity index (χ4n) is 2.48. The summed E-state index contributed by atoms with van der Waals surface area (Å²) in [6.45, 7) is 7.91. The highest BCUT2D eigenvalue weighted by atomic mass is 32.1. The Morgan fingerprint density at radius 1 is 1.18 bits per heavy atom. The second-order valence-electron chi connectivity index (χ2n) is 5.47. The quantitative estimate of drug-likeness (QED) is 0.858. The van der Waals surface area contributed by atoms with E-state index in [1.165, 1.54) is 0 Å². The molecule has 7 heteroatoms. The molecular formula is C15H19N5OS. The predicted molar refractivity (Wildman–Crippen MR) is 84.8 cm³/mol. The summed E-state index contributed by atoms with van der Waals surface area (Å²) in [6, 6.07) is 0. The lowest BCUT2D eigenvalue weighted by Crippen LogP contribution is -2.48. The van der Waals surface area contributed by atoms with Gasteiger partial charge in [0.05, 0.1) is 22.6 Å². The van der Waals surface area contributed by atoms with Crippen LogP contribution in [0.5, 0.6) is 0 Å². The molecule has 1 aliphatic heterocycles. The average Bonchev–Trinajstić information content (AvgIpc) is 2.93. The molecule has 3 rings (SSSR count). The Labute approximate surface area is 133 Å². The molecule has 22 heavy (non-hydrogen) atoms. The molecule has 1 aliphatic rings. The van der Waals surface area contributed by atoms with Crippen LogP contribution in [0.1, 0.15) is 26.9 Å². The van der Waals surface area contributed by atoms with E-state index >= 15 is 0 Å². The number of hydrogen-bond acceptors (Lipinski definition) is 6. The number of nitrogens with zero attached hydrogens (tertiary/aromatic N) is 5. The summed E-state index contributed by atoms with van der Waals surface area (Å²) < 4.78 is 0. The van der Waals surface area contributed by atoms with Gasteiger partial charge in [0.15, 0.2) is 0 Å². The van der Waals surface area contributed by atoms with Gasteiger partial charge in [-0.3, -0.25) is 14.7 Å². The maximum Gasteiger partial charge on any atom is 0.274 e. The zero-order valence-electron chi connectivity index (χ0n) is 12.8. The van der Waals surface area contributed by atoms with E-state index in [-0.39, 0.29) is 5.91 Å². The Bertz CT molecular complexity index is 646. The fourth-order valence-corrected chi connectivity index (χ4v) is 3.09. The van der Waals surface area contributed by atoms with Crippen molar-refractivity contribution < 1.29 is 4.79 Å². The first-order valence-electron chi connectivity index (χ1n) is 7.33. The monoisotopic (exact) mass is 317 g/mol. The van der Waals surface area contributed by atoms with E-state index in [0.717, 1.165) is 49.1 Å². The molecule has 2 aromatic heterocycles. The van der Waals surface area contributed by atoms with Gasteiger partial charge in [0, 0.05) is 44.3 Å². The van der Waals surface area contributed by atoms with Crippen molar-refractivity contribution >= 4 is 17.2 Å². The molecule has 1 fully saturated rings. The van der Waals surface area contributed by atoms with Crippen molar-refractivity contribution in [3.05, 3.63) is 39.9 Å². The maximum absolute atomic E-state index is 12.4. The highest BCUT2D eigenvalue weighted by Crippen LogP contribution is 2.13. The van der Waals surface area contributed by atoms with Gasteiger partial charge in [-0.25, -0.2) is 9.97 Å². The van der Waals surface area contributed by atoms with E-state index in [2.05, 4.69) is 25.2 Å². The maximum atomic E-state index is 12.4. The zero-order valence-corrected chi connectivity index (χ0v) is 13.6. The normalized spacial score (nSPS) is 16.0. The number of carbonyl (C=O) groups excluding carboxylic acids is 1. The van der Waals surface area contributed by atoms with E-state index in [0.29, 0.717) is 5.69 Å². The van der Waals surface area contributed by atoms with Gasteiger partial charge in [0.2, 0.25) is 0 Å². The molecule has 0 radical (unpaired) electrons. The van der Waals surface area contributed by atoms with Crippen LogP contribution in [-0.2, 0) is 6.54 Å². The summed E-state index contributed by atoms with van der Waals surface area (Å²) in [7, 11) is 0. The molecule has 3 heterocycles. The van der Waals surface area contributed by atoms with Crippen LogP contribution < -0.4 is 0 Å². The topological polar surface area (TPSA) is 62.2 Å². The van der Waals surface area contributed by atoms with Crippen LogP contribution >= 0.6 is 11.3 Å². The lowest BCUT2D eigenvalue weighted by Gasteiger charge is -2.34. The lowest BCUT2D eigenvalue weighted by molar-refractivity contribution is 0.0621. The molecule has 0 N–H and O–H groups in total. The van der Waals surface area contributed by atoms with Crippen LogP contribution in [0.4, 0.5) is 0 Å². The van der Waals surface area contributed by atoms with Crippen LogP contribution in [-0.4, -0.2) is 56.8 Å². The van der Waals surface area contributed by atoms with Crippen LogP contribution in [0, 0.1) is 13.8 Å². The lowest BCUT2D eigenvalue weighted by atomic mass is 10.2. The summed E-state index contributed by atoms with van der Waals surface area (Å²) >= 11 is 1.68. The van der Waals surface area contributed by atoms with Crippen molar-refractivity contribution in [1.82, 2.24) is 24.8 Å². The smallest absolute Gasteiger partial charge is 0.274 e. The minimum atomic E-state index is -0.0309. The van der Waals surface area contributed by atoms with Crippen molar-refractivity contribution in [3.8, 4) is 0 Å². The molecule has 0 aliphatic carbocycles. The molecule has 0 unspecified atom stereocenters. The third-order valence-electron chi connectivity index (χ3n) is 3.71. The first kappa shape index (κ1) is 15.1. The number of thiazole rings is 1. The van der Waals surface area contributed by atoms with Crippen molar-refractivity contribution in [2.24, 2.45) is 0 Å². The van der Waals surface area contributed by atoms with E-state index in [4.69, 9.17) is 0 Å². The van der Waals surface area contributed by atoms with Crippen LogP contribution in [0.15, 0.2) is 17.8 Å². The molecule has 1 amide bonds. The molecule has 0 aromatic carbocycles. The average molecular weight is 317 g/mol. The number of piperazine rings is 1. The molecule has 0 saturated carbocycles.